The van der Waals surface area contributed by atoms with Gasteiger partial charge in [0, 0.05) is 13.1 Å². The predicted octanol–water partition coefficient (Wildman–Crippen LogP) is 3.24. The van der Waals surface area contributed by atoms with Crippen LogP contribution in [0.5, 0.6) is 0 Å². The third kappa shape index (κ3) is 6.56. The van der Waals surface area contributed by atoms with Gasteiger partial charge in [0.25, 0.3) is 5.91 Å². The SMILES string of the molecule is CCCCCC(C)(C)CNC(=O)c1cnc(NCC)cn1. The quantitative estimate of drug-likeness (QED) is 0.686. The molecule has 0 atom stereocenters. The second-order valence-electron chi connectivity index (χ2n) is 6.12. The number of hydrogen-bond acceptors (Lipinski definition) is 4. The fourth-order valence-electron chi connectivity index (χ4n) is 2.07. The fraction of sp³-hybridized carbons (Fsp3) is 0.688. The Morgan fingerprint density at radius 1 is 1.19 bits per heavy atom. The molecule has 0 aliphatic rings. The topological polar surface area (TPSA) is 66.9 Å². The third-order valence-corrected chi connectivity index (χ3v) is 3.43. The van der Waals surface area contributed by atoms with Crippen molar-refractivity contribution in [3.8, 4) is 0 Å². The number of nitrogens with one attached hydrogen (secondary N) is 2. The smallest absolute Gasteiger partial charge is 0.271 e. The molecule has 0 bridgehead atoms. The van der Waals surface area contributed by atoms with Gasteiger partial charge in [-0.3, -0.25) is 4.79 Å². The van der Waals surface area contributed by atoms with Crippen molar-refractivity contribution in [2.24, 2.45) is 5.41 Å². The van der Waals surface area contributed by atoms with E-state index in [0.717, 1.165) is 13.0 Å². The molecule has 5 nitrogen and oxygen atoms in total. The largest absolute Gasteiger partial charge is 0.369 e. The minimum Gasteiger partial charge on any atom is -0.369 e. The van der Waals surface area contributed by atoms with Gasteiger partial charge in [-0.2, -0.15) is 0 Å². The van der Waals surface area contributed by atoms with E-state index in [2.05, 4.69) is 41.4 Å². The third-order valence-electron chi connectivity index (χ3n) is 3.43. The molecule has 0 unspecified atom stereocenters. The molecular formula is C16H28N4O. The number of hydrogen-bond donors (Lipinski definition) is 2. The molecule has 0 spiro atoms. The molecule has 118 valence electrons. The Balaban J connectivity index is 2.45. The molecule has 5 heteroatoms. The highest BCUT2D eigenvalue weighted by Crippen LogP contribution is 2.22. The van der Waals surface area contributed by atoms with Crippen molar-refractivity contribution in [3.05, 3.63) is 18.1 Å². The van der Waals surface area contributed by atoms with Crippen molar-refractivity contribution >= 4 is 11.7 Å². The summed E-state index contributed by atoms with van der Waals surface area (Å²) in [5.74, 6) is 0.531. The summed E-state index contributed by atoms with van der Waals surface area (Å²) >= 11 is 0. The Labute approximate surface area is 128 Å². The zero-order valence-corrected chi connectivity index (χ0v) is 13.7. The normalized spacial score (nSPS) is 11.2. The molecule has 2 N–H and O–H groups in total. The molecule has 0 saturated heterocycles. The first-order valence-electron chi connectivity index (χ1n) is 7.82. The van der Waals surface area contributed by atoms with Crippen LogP contribution in [0, 0.1) is 5.41 Å². The molecule has 1 aromatic heterocycles. The highest BCUT2D eigenvalue weighted by Gasteiger charge is 2.19. The summed E-state index contributed by atoms with van der Waals surface area (Å²) in [5.41, 5.74) is 0.475. The van der Waals surface area contributed by atoms with Gasteiger partial charge in [0.05, 0.1) is 12.4 Å². The minimum absolute atomic E-state index is 0.113. The van der Waals surface area contributed by atoms with Crippen molar-refractivity contribution in [1.29, 1.82) is 0 Å². The monoisotopic (exact) mass is 292 g/mol. The van der Waals surface area contributed by atoms with E-state index in [0.29, 0.717) is 18.1 Å². The molecule has 21 heavy (non-hydrogen) atoms. The van der Waals surface area contributed by atoms with Crippen LogP contribution >= 0.6 is 0 Å². The van der Waals surface area contributed by atoms with Gasteiger partial charge in [0.1, 0.15) is 11.5 Å². The van der Waals surface area contributed by atoms with Crippen molar-refractivity contribution < 1.29 is 4.79 Å². The lowest BCUT2D eigenvalue weighted by atomic mass is 9.87. The summed E-state index contributed by atoms with van der Waals surface area (Å²) in [6, 6.07) is 0. The highest BCUT2D eigenvalue weighted by molar-refractivity contribution is 5.92. The number of carbonyl (C=O) groups is 1. The number of rotatable bonds is 9. The van der Waals surface area contributed by atoms with E-state index in [-0.39, 0.29) is 11.3 Å². The number of anilines is 1. The number of unbranched alkanes of at least 4 members (excludes halogenated alkanes) is 2. The zero-order valence-electron chi connectivity index (χ0n) is 13.7. The molecule has 0 saturated carbocycles. The van der Waals surface area contributed by atoms with E-state index in [1.165, 1.54) is 25.5 Å². The molecule has 1 amide bonds. The highest BCUT2D eigenvalue weighted by atomic mass is 16.1. The molecular weight excluding hydrogens is 264 g/mol. The fourth-order valence-corrected chi connectivity index (χ4v) is 2.07. The second-order valence-corrected chi connectivity index (χ2v) is 6.12. The summed E-state index contributed by atoms with van der Waals surface area (Å²) in [6.45, 7) is 10.00. The van der Waals surface area contributed by atoms with Gasteiger partial charge in [0.15, 0.2) is 0 Å². The van der Waals surface area contributed by atoms with Gasteiger partial charge in [-0.25, -0.2) is 9.97 Å². The van der Waals surface area contributed by atoms with E-state index in [9.17, 15) is 4.79 Å². The summed E-state index contributed by atoms with van der Waals surface area (Å²) in [5, 5.41) is 6.01. The second kappa shape index (κ2) is 8.60. The van der Waals surface area contributed by atoms with Crippen LogP contribution in [-0.2, 0) is 0 Å². The zero-order chi connectivity index (χ0) is 15.7. The summed E-state index contributed by atoms with van der Waals surface area (Å²) < 4.78 is 0. The van der Waals surface area contributed by atoms with Gasteiger partial charge in [-0.15, -0.1) is 0 Å². The average molecular weight is 292 g/mol. The number of carbonyl (C=O) groups excluding carboxylic acids is 1. The van der Waals surface area contributed by atoms with Gasteiger partial charge < -0.3 is 10.6 Å². The number of amides is 1. The Kier molecular flexibility index (Phi) is 7.12. The minimum atomic E-state index is -0.158. The van der Waals surface area contributed by atoms with Gasteiger partial charge in [-0.1, -0.05) is 40.0 Å². The lowest BCUT2D eigenvalue weighted by Crippen LogP contribution is -2.34. The van der Waals surface area contributed by atoms with Crippen LogP contribution in [0.4, 0.5) is 5.82 Å². The molecule has 1 rings (SSSR count). The Hall–Kier alpha value is -1.65. The van der Waals surface area contributed by atoms with E-state index in [1.807, 2.05) is 6.92 Å². The van der Waals surface area contributed by atoms with Crippen molar-refractivity contribution in [3.63, 3.8) is 0 Å². The van der Waals surface area contributed by atoms with Gasteiger partial charge in [0.2, 0.25) is 0 Å². The lowest BCUT2D eigenvalue weighted by Gasteiger charge is -2.24. The maximum Gasteiger partial charge on any atom is 0.271 e. The summed E-state index contributed by atoms with van der Waals surface area (Å²) in [4.78, 5) is 20.4. The maximum atomic E-state index is 12.1. The lowest BCUT2D eigenvalue weighted by molar-refractivity contribution is 0.0928. The molecule has 0 aliphatic carbocycles. The first-order valence-corrected chi connectivity index (χ1v) is 7.82. The van der Waals surface area contributed by atoms with Crippen molar-refractivity contribution in [2.75, 3.05) is 18.4 Å². The molecule has 0 aliphatic heterocycles. The molecule has 1 heterocycles. The van der Waals surface area contributed by atoms with Crippen LogP contribution in [0.1, 0.15) is 63.9 Å². The maximum absolute atomic E-state index is 12.1. The predicted molar refractivity (Wildman–Crippen MR) is 86.5 cm³/mol. The molecule has 0 radical (unpaired) electrons. The Morgan fingerprint density at radius 2 is 1.95 bits per heavy atom. The van der Waals surface area contributed by atoms with Crippen molar-refractivity contribution in [1.82, 2.24) is 15.3 Å². The van der Waals surface area contributed by atoms with Crippen LogP contribution in [0.2, 0.25) is 0 Å². The number of aromatic nitrogens is 2. The van der Waals surface area contributed by atoms with E-state index in [1.54, 1.807) is 6.20 Å². The Bertz CT molecular complexity index is 428. The first kappa shape index (κ1) is 17.4. The van der Waals surface area contributed by atoms with Crippen molar-refractivity contribution in [2.45, 2.75) is 53.4 Å². The molecule has 0 aromatic carbocycles. The number of nitrogens with zero attached hydrogens (tertiary/aromatic N) is 2. The van der Waals surface area contributed by atoms with Crippen LogP contribution in [0.3, 0.4) is 0 Å². The van der Waals surface area contributed by atoms with Crippen LogP contribution in [0.25, 0.3) is 0 Å². The van der Waals surface area contributed by atoms with E-state index >= 15 is 0 Å². The average Bonchev–Trinajstić information content (AvgIpc) is 2.46. The van der Waals surface area contributed by atoms with E-state index < -0.39 is 0 Å². The first-order chi connectivity index (χ1) is 9.98. The summed E-state index contributed by atoms with van der Waals surface area (Å²) in [7, 11) is 0. The molecule has 0 fully saturated rings. The van der Waals surface area contributed by atoms with E-state index in [4.69, 9.17) is 0 Å². The van der Waals surface area contributed by atoms with Crippen LogP contribution in [-0.4, -0.2) is 29.0 Å². The Morgan fingerprint density at radius 3 is 2.52 bits per heavy atom. The van der Waals surface area contributed by atoms with Crippen LogP contribution in [0.15, 0.2) is 12.4 Å². The van der Waals surface area contributed by atoms with Crippen LogP contribution < -0.4 is 10.6 Å². The summed E-state index contributed by atoms with van der Waals surface area (Å²) in [6.07, 6.45) is 7.88. The van der Waals surface area contributed by atoms with Gasteiger partial charge >= 0.3 is 0 Å². The molecule has 1 aromatic rings. The van der Waals surface area contributed by atoms with Gasteiger partial charge in [-0.05, 0) is 18.8 Å². The standard InChI is InChI=1S/C16H28N4O/c1-5-7-8-9-16(3,4)12-20-15(21)13-10-19-14(11-18-13)17-6-2/h10-11H,5-9,12H2,1-4H3,(H,17,19)(H,20,21).